The van der Waals surface area contributed by atoms with Crippen molar-refractivity contribution in [2.75, 3.05) is 53.0 Å². The molecule has 1 rings (SSSR count). The highest BCUT2D eigenvalue weighted by Crippen LogP contribution is 2.14. The topological polar surface area (TPSA) is 68.0 Å². The number of rotatable bonds is 9. The summed E-state index contributed by atoms with van der Waals surface area (Å²) in [6.07, 6.45) is 2.05. The van der Waals surface area contributed by atoms with E-state index in [1.54, 1.807) is 7.11 Å². The van der Waals surface area contributed by atoms with Crippen molar-refractivity contribution in [3.63, 3.8) is 0 Å². The molecule has 1 fully saturated rings. The molecule has 0 aromatic heterocycles. The molecule has 8 heteroatoms. The molecule has 0 aromatic carbocycles. The highest BCUT2D eigenvalue weighted by molar-refractivity contribution is 5.85. The van der Waals surface area contributed by atoms with Gasteiger partial charge in [0.15, 0.2) is 0 Å². The van der Waals surface area contributed by atoms with Crippen LogP contribution in [-0.2, 0) is 14.3 Å². The Bertz CT molecular complexity index is 300. The van der Waals surface area contributed by atoms with E-state index in [2.05, 4.69) is 18.7 Å². The van der Waals surface area contributed by atoms with E-state index in [0.717, 1.165) is 52.2 Å². The molecular formula is C15H33Cl2N3O3. The second kappa shape index (κ2) is 14.3. The lowest BCUT2D eigenvalue weighted by Crippen LogP contribution is -2.50. The zero-order chi connectivity index (χ0) is 15.7. The fourth-order valence-electron chi connectivity index (χ4n) is 2.62. The number of nitrogens with two attached hydrogens (primary N) is 1. The zero-order valence-electron chi connectivity index (χ0n) is 14.5. The molecular weight excluding hydrogens is 341 g/mol. The van der Waals surface area contributed by atoms with E-state index in [4.69, 9.17) is 15.2 Å². The average Bonchev–Trinajstić information content (AvgIpc) is 2.52. The summed E-state index contributed by atoms with van der Waals surface area (Å²) < 4.78 is 10.8. The minimum absolute atomic E-state index is 0. The number of hydrogen-bond acceptors (Lipinski definition) is 5. The van der Waals surface area contributed by atoms with Crippen molar-refractivity contribution in [1.82, 2.24) is 9.80 Å². The fourth-order valence-corrected chi connectivity index (χ4v) is 2.62. The first-order valence-electron chi connectivity index (χ1n) is 7.99. The molecule has 0 bridgehead atoms. The van der Waals surface area contributed by atoms with Gasteiger partial charge in [0.05, 0.1) is 19.3 Å². The van der Waals surface area contributed by atoms with Crippen molar-refractivity contribution in [3.8, 4) is 0 Å². The van der Waals surface area contributed by atoms with Crippen molar-refractivity contribution in [1.29, 1.82) is 0 Å². The van der Waals surface area contributed by atoms with Crippen LogP contribution in [0.3, 0.4) is 0 Å². The van der Waals surface area contributed by atoms with Crippen molar-refractivity contribution < 1.29 is 14.3 Å². The van der Waals surface area contributed by atoms with E-state index in [1.165, 1.54) is 0 Å². The normalized spacial score (nSPS) is 16.7. The maximum atomic E-state index is 12.0. The van der Waals surface area contributed by atoms with Gasteiger partial charge in [0, 0.05) is 26.7 Å². The Labute approximate surface area is 152 Å². The number of likely N-dealkylation sites (N-methyl/N-ethyl adjacent to an activating group) is 1. The molecule has 0 saturated carbocycles. The summed E-state index contributed by atoms with van der Waals surface area (Å²) in [6, 6.07) is -0.546. The standard InChI is InChI=1S/C15H31N3O3.2ClH/c1-4-17(5-2)10-11-21-13-6-8-18(9-7-13)15(19)14(16)12-20-3;;/h13-14H,4-12,16H2,1-3H3;2*1H. The summed E-state index contributed by atoms with van der Waals surface area (Å²) in [5.74, 6) is -0.0153. The smallest absolute Gasteiger partial charge is 0.241 e. The largest absolute Gasteiger partial charge is 0.383 e. The first-order chi connectivity index (χ1) is 10.1. The van der Waals surface area contributed by atoms with Crippen LogP contribution in [0.4, 0.5) is 0 Å². The van der Waals surface area contributed by atoms with Gasteiger partial charge in [0.25, 0.3) is 0 Å². The van der Waals surface area contributed by atoms with E-state index in [1.807, 2.05) is 4.90 Å². The Hall–Kier alpha value is -0.110. The number of likely N-dealkylation sites (tertiary alicyclic amines) is 1. The summed E-state index contributed by atoms with van der Waals surface area (Å²) in [7, 11) is 1.56. The third-order valence-corrected chi connectivity index (χ3v) is 4.07. The maximum absolute atomic E-state index is 12.0. The molecule has 6 nitrogen and oxygen atoms in total. The number of carbonyl (C=O) groups excluding carboxylic acids is 1. The van der Waals surface area contributed by atoms with Crippen molar-refractivity contribution >= 4 is 30.7 Å². The van der Waals surface area contributed by atoms with Crippen molar-refractivity contribution in [2.45, 2.75) is 38.8 Å². The number of piperidine rings is 1. The predicted octanol–water partition coefficient (Wildman–Crippen LogP) is 1.15. The van der Waals surface area contributed by atoms with E-state index < -0.39 is 6.04 Å². The summed E-state index contributed by atoms with van der Waals surface area (Å²) in [6.45, 7) is 9.92. The molecule has 1 saturated heterocycles. The number of methoxy groups -OCH3 is 1. The van der Waals surface area contributed by atoms with Crippen LogP contribution >= 0.6 is 24.8 Å². The fraction of sp³-hybridized carbons (Fsp3) is 0.933. The van der Waals surface area contributed by atoms with Gasteiger partial charge in [-0.25, -0.2) is 0 Å². The van der Waals surface area contributed by atoms with Gasteiger partial charge in [-0.2, -0.15) is 0 Å². The number of hydrogen-bond donors (Lipinski definition) is 1. The van der Waals surface area contributed by atoms with E-state index >= 15 is 0 Å². The maximum Gasteiger partial charge on any atom is 0.241 e. The molecule has 1 aliphatic rings. The van der Waals surface area contributed by atoms with Crippen LogP contribution in [0, 0.1) is 0 Å². The van der Waals surface area contributed by atoms with Gasteiger partial charge in [0.2, 0.25) is 5.91 Å². The first-order valence-corrected chi connectivity index (χ1v) is 7.99. The van der Waals surface area contributed by atoms with Gasteiger partial charge >= 0.3 is 0 Å². The van der Waals surface area contributed by atoms with Crippen LogP contribution in [0.25, 0.3) is 0 Å². The molecule has 1 aliphatic heterocycles. The Morgan fingerprint density at radius 2 is 1.83 bits per heavy atom. The molecule has 0 aromatic rings. The Morgan fingerprint density at radius 3 is 2.30 bits per heavy atom. The molecule has 1 unspecified atom stereocenters. The van der Waals surface area contributed by atoms with Crippen LogP contribution in [0.2, 0.25) is 0 Å². The van der Waals surface area contributed by atoms with Crippen LogP contribution < -0.4 is 5.73 Å². The lowest BCUT2D eigenvalue weighted by Gasteiger charge is -2.33. The van der Waals surface area contributed by atoms with E-state index in [-0.39, 0.29) is 43.4 Å². The quantitative estimate of drug-likeness (QED) is 0.656. The Balaban J connectivity index is 0. The van der Waals surface area contributed by atoms with Gasteiger partial charge < -0.3 is 25.0 Å². The first kappa shape index (κ1) is 25.1. The highest BCUT2D eigenvalue weighted by Gasteiger charge is 2.26. The van der Waals surface area contributed by atoms with Gasteiger partial charge in [-0.05, 0) is 25.9 Å². The van der Waals surface area contributed by atoms with Gasteiger partial charge in [-0.1, -0.05) is 13.8 Å². The molecule has 0 aliphatic carbocycles. The second-order valence-electron chi connectivity index (χ2n) is 5.48. The minimum Gasteiger partial charge on any atom is -0.383 e. The lowest BCUT2D eigenvalue weighted by atomic mass is 10.1. The number of halogens is 2. The summed E-state index contributed by atoms with van der Waals surface area (Å²) >= 11 is 0. The SMILES string of the molecule is CCN(CC)CCOC1CCN(C(=O)C(N)COC)CC1.Cl.Cl. The molecule has 1 amide bonds. The number of amides is 1. The Kier molecular flexibility index (Phi) is 15.6. The van der Waals surface area contributed by atoms with Crippen LogP contribution in [0.1, 0.15) is 26.7 Å². The molecule has 2 N–H and O–H groups in total. The summed E-state index contributed by atoms with van der Waals surface area (Å²) in [5, 5.41) is 0. The molecule has 1 heterocycles. The summed E-state index contributed by atoms with van der Waals surface area (Å²) in [5.41, 5.74) is 5.78. The van der Waals surface area contributed by atoms with Gasteiger partial charge in [-0.3, -0.25) is 4.79 Å². The van der Waals surface area contributed by atoms with E-state index in [9.17, 15) is 4.79 Å². The molecule has 1 atom stereocenters. The van der Waals surface area contributed by atoms with Gasteiger partial charge in [0.1, 0.15) is 6.04 Å². The third-order valence-electron chi connectivity index (χ3n) is 4.07. The van der Waals surface area contributed by atoms with Crippen molar-refractivity contribution in [3.05, 3.63) is 0 Å². The monoisotopic (exact) mass is 373 g/mol. The van der Waals surface area contributed by atoms with E-state index in [0.29, 0.717) is 0 Å². The number of nitrogens with zero attached hydrogens (tertiary/aromatic N) is 2. The van der Waals surface area contributed by atoms with Crippen LogP contribution in [-0.4, -0.2) is 80.9 Å². The zero-order valence-corrected chi connectivity index (χ0v) is 16.2. The third kappa shape index (κ3) is 9.08. The molecule has 23 heavy (non-hydrogen) atoms. The van der Waals surface area contributed by atoms with Gasteiger partial charge in [-0.15, -0.1) is 24.8 Å². The summed E-state index contributed by atoms with van der Waals surface area (Å²) in [4.78, 5) is 16.2. The number of carbonyl (C=O) groups is 1. The minimum atomic E-state index is -0.546. The average molecular weight is 374 g/mol. The van der Waals surface area contributed by atoms with Crippen LogP contribution in [0.15, 0.2) is 0 Å². The van der Waals surface area contributed by atoms with Crippen LogP contribution in [0.5, 0.6) is 0 Å². The lowest BCUT2D eigenvalue weighted by molar-refractivity contribution is -0.136. The van der Waals surface area contributed by atoms with Crippen molar-refractivity contribution in [2.24, 2.45) is 5.73 Å². The second-order valence-corrected chi connectivity index (χ2v) is 5.48. The highest BCUT2D eigenvalue weighted by atomic mass is 35.5. The molecule has 0 radical (unpaired) electrons. The molecule has 140 valence electrons. The predicted molar refractivity (Wildman–Crippen MR) is 97.7 cm³/mol. The number of ether oxygens (including phenoxy) is 2. The Morgan fingerprint density at radius 1 is 1.26 bits per heavy atom. The molecule has 0 spiro atoms.